The van der Waals surface area contributed by atoms with Crippen LogP contribution in [0.15, 0.2) is 42.5 Å². The largest absolute Gasteiger partial charge is 0.452 e. The van der Waals surface area contributed by atoms with Gasteiger partial charge in [0.1, 0.15) is 5.82 Å². The van der Waals surface area contributed by atoms with Crippen molar-refractivity contribution >= 4 is 34.5 Å². The van der Waals surface area contributed by atoms with Gasteiger partial charge in [-0.3, -0.25) is 10.1 Å². The highest BCUT2D eigenvalue weighted by atomic mass is 19.1. The van der Waals surface area contributed by atoms with Crippen molar-refractivity contribution in [1.29, 1.82) is 0 Å². The van der Waals surface area contributed by atoms with Crippen LogP contribution in [-0.2, 0) is 22.4 Å². The zero-order valence-electron chi connectivity index (χ0n) is 16.1. The van der Waals surface area contributed by atoms with Crippen LogP contribution in [0.3, 0.4) is 0 Å². The van der Waals surface area contributed by atoms with Crippen LogP contribution in [-0.4, -0.2) is 29.5 Å². The lowest BCUT2D eigenvalue weighted by Gasteiger charge is -2.10. The third-order valence-electron chi connectivity index (χ3n) is 5.04. The zero-order valence-corrected chi connectivity index (χ0v) is 16.1. The maximum absolute atomic E-state index is 13.5. The van der Waals surface area contributed by atoms with Gasteiger partial charge in [-0.15, -0.1) is 0 Å². The molecule has 1 aliphatic rings. The Balaban J connectivity index is 1.34. The molecular formula is C22H20FN3O4. The summed E-state index contributed by atoms with van der Waals surface area (Å²) in [6.45, 7) is -0.632. The number of fused-ring (bicyclic) bond motifs is 3. The number of nitrogens with one attached hydrogen (secondary N) is 3. The number of aromatic nitrogens is 1. The smallest absolute Gasteiger partial charge is 0.338 e. The topological polar surface area (TPSA) is 100 Å². The first kappa shape index (κ1) is 19.6. The van der Waals surface area contributed by atoms with E-state index in [1.165, 1.54) is 29.5 Å². The number of esters is 1. The fourth-order valence-electron chi connectivity index (χ4n) is 3.63. The van der Waals surface area contributed by atoms with E-state index in [-0.39, 0.29) is 5.69 Å². The third kappa shape index (κ3) is 4.17. The molecule has 0 aliphatic heterocycles. The van der Waals surface area contributed by atoms with E-state index in [4.69, 9.17) is 4.74 Å². The molecule has 4 rings (SSSR count). The molecule has 3 aromatic rings. The summed E-state index contributed by atoms with van der Waals surface area (Å²) in [5, 5.41) is 5.20. The van der Waals surface area contributed by atoms with E-state index >= 15 is 0 Å². The average molecular weight is 409 g/mol. The van der Waals surface area contributed by atoms with Gasteiger partial charge in [-0.1, -0.05) is 12.1 Å². The lowest BCUT2D eigenvalue weighted by molar-refractivity contribution is -0.123. The number of para-hydroxylation sites is 1. The number of imide groups is 1. The van der Waals surface area contributed by atoms with E-state index in [9.17, 15) is 18.8 Å². The second-order valence-electron chi connectivity index (χ2n) is 7.11. The fraction of sp³-hybridized carbons (Fsp3) is 0.227. The Morgan fingerprint density at radius 3 is 2.70 bits per heavy atom. The molecule has 30 heavy (non-hydrogen) atoms. The number of benzene rings is 2. The van der Waals surface area contributed by atoms with Crippen molar-refractivity contribution < 1.29 is 23.5 Å². The third-order valence-corrected chi connectivity index (χ3v) is 5.04. The average Bonchev–Trinajstić information content (AvgIpc) is 3.11. The minimum absolute atomic E-state index is 0.0667. The SMILES string of the molecule is O=C(COC(=O)c1ccc2[nH]c3c(c2c1)CCCC3)NC(=O)Nc1ccccc1F. The number of anilines is 1. The molecule has 0 saturated heterocycles. The number of aromatic amines is 1. The highest BCUT2D eigenvalue weighted by Gasteiger charge is 2.18. The molecule has 0 bridgehead atoms. The minimum Gasteiger partial charge on any atom is -0.452 e. The van der Waals surface area contributed by atoms with Gasteiger partial charge in [0.05, 0.1) is 11.3 Å². The van der Waals surface area contributed by atoms with E-state index in [2.05, 4.69) is 10.3 Å². The second kappa shape index (κ2) is 8.36. The molecule has 7 nitrogen and oxygen atoms in total. The monoisotopic (exact) mass is 409 g/mol. The molecular weight excluding hydrogens is 389 g/mol. The van der Waals surface area contributed by atoms with Crippen molar-refractivity contribution in [2.45, 2.75) is 25.7 Å². The summed E-state index contributed by atoms with van der Waals surface area (Å²) in [7, 11) is 0. The Hall–Kier alpha value is -3.68. The Morgan fingerprint density at radius 2 is 1.87 bits per heavy atom. The minimum atomic E-state index is -0.915. The maximum atomic E-state index is 13.5. The molecule has 3 amide bonds. The summed E-state index contributed by atoms with van der Waals surface area (Å²) in [6.07, 6.45) is 4.23. The van der Waals surface area contributed by atoms with E-state index < -0.39 is 30.3 Å². The van der Waals surface area contributed by atoms with E-state index in [0.717, 1.165) is 36.6 Å². The summed E-state index contributed by atoms with van der Waals surface area (Å²) in [4.78, 5) is 39.4. The first-order chi connectivity index (χ1) is 14.5. The molecule has 0 atom stereocenters. The lowest BCUT2D eigenvalue weighted by atomic mass is 9.95. The number of aryl methyl sites for hydroxylation is 2. The van der Waals surface area contributed by atoms with Gasteiger partial charge >= 0.3 is 12.0 Å². The van der Waals surface area contributed by atoms with Gasteiger partial charge in [-0.25, -0.2) is 14.0 Å². The first-order valence-electron chi connectivity index (χ1n) is 9.67. The molecule has 154 valence electrons. The molecule has 8 heteroatoms. The number of rotatable bonds is 4. The van der Waals surface area contributed by atoms with E-state index in [0.29, 0.717) is 5.56 Å². The van der Waals surface area contributed by atoms with Crippen LogP contribution in [0.25, 0.3) is 10.9 Å². The van der Waals surface area contributed by atoms with Gasteiger partial charge in [0, 0.05) is 16.6 Å². The standard InChI is InChI=1S/C22H20FN3O4/c23-16-6-2-4-8-19(16)25-22(29)26-20(27)12-30-21(28)13-9-10-18-15(11-13)14-5-1-3-7-17(14)24-18/h2,4,6,8-11,24H,1,3,5,7,12H2,(H2,25,26,27,29). The highest BCUT2D eigenvalue weighted by molar-refractivity contribution is 6.02. The summed E-state index contributed by atoms with van der Waals surface area (Å²) in [5.41, 5.74) is 3.68. The Labute approximate surface area is 171 Å². The number of halogens is 1. The normalized spacial score (nSPS) is 12.8. The van der Waals surface area contributed by atoms with Crippen LogP contribution in [0.2, 0.25) is 0 Å². The van der Waals surface area contributed by atoms with Crippen molar-refractivity contribution in [2.75, 3.05) is 11.9 Å². The number of ether oxygens (including phenoxy) is 1. The Bertz CT molecular complexity index is 1140. The van der Waals surface area contributed by atoms with Crippen molar-refractivity contribution in [2.24, 2.45) is 0 Å². The van der Waals surface area contributed by atoms with Gasteiger partial charge in [0.2, 0.25) is 0 Å². The second-order valence-corrected chi connectivity index (χ2v) is 7.11. The molecule has 1 heterocycles. The predicted octanol–water partition coefficient (Wildman–Crippen LogP) is 3.69. The summed E-state index contributed by atoms with van der Waals surface area (Å²) < 4.78 is 18.5. The molecule has 0 saturated carbocycles. The molecule has 0 unspecified atom stereocenters. The fourth-order valence-corrected chi connectivity index (χ4v) is 3.63. The lowest BCUT2D eigenvalue weighted by Crippen LogP contribution is -2.37. The van der Waals surface area contributed by atoms with Crippen LogP contribution in [0.1, 0.15) is 34.5 Å². The van der Waals surface area contributed by atoms with Crippen molar-refractivity contribution in [3.05, 3.63) is 65.1 Å². The number of carbonyl (C=O) groups is 3. The number of hydrogen-bond acceptors (Lipinski definition) is 4. The van der Waals surface area contributed by atoms with Gasteiger partial charge in [0.15, 0.2) is 6.61 Å². The van der Waals surface area contributed by atoms with Crippen LogP contribution < -0.4 is 10.6 Å². The summed E-state index contributed by atoms with van der Waals surface area (Å²) in [5.74, 6) is -2.11. The van der Waals surface area contributed by atoms with Gasteiger partial charge in [-0.05, 0) is 61.6 Å². The van der Waals surface area contributed by atoms with Crippen LogP contribution >= 0.6 is 0 Å². The van der Waals surface area contributed by atoms with Gasteiger partial charge in [-0.2, -0.15) is 0 Å². The van der Waals surface area contributed by atoms with Crippen LogP contribution in [0, 0.1) is 5.82 Å². The molecule has 2 aromatic carbocycles. The number of H-pyrrole nitrogens is 1. The number of urea groups is 1. The molecule has 0 spiro atoms. The van der Waals surface area contributed by atoms with E-state index in [1.54, 1.807) is 18.2 Å². The summed E-state index contributed by atoms with van der Waals surface area (Å²) in [6, 6.07) is 9.86. The zero-order chi connectivity index (χ0) is 21.1. The number of amides is 3. The summed E-state index contributed by atoms with van der Waals surface area (Å²) >= 11 is 0. The predicted molar refractivity (Wildman–Crippen MR) is 109 cm³/mol. The highest BCUT2D eigenvalue weighted by Crippen LogP contribution is 2.29. The molecule has 0 radical (unpaired) electrons. The number of hydrogen-bond donors (Lipinski definition) is 3. The molecule has 1 aromatic heterocycles. The van der Waals surface area contributed by atoms with Gasteiger partial charge < -0.3 is 15.0 Å². The quantitative estimate of drug-likeness (QED) is 0.572. The van der Waals surface area contributed by atoms with Crippen LogP contribution in [0.4, 0.5) is 14.9 Å². The van der Waals surface area contributed by atoms with Crippen molar-refractivity contribution in [3.8, 4) is 0 Å². The van der Waals surface area contributed by atoms with Gasteiger partial charge in [0.25, 0.3) is 5.91 Å². The van der Waals surface area contributed by atoms with Crippen molar-refractivity contribution in [1.82, 2.24) is 10.3 Å². The Kier molecular flexibility index (Phi) is 5.47. The van der Waals surface area contributed by atoms with Crippen LogP contribution in [0.5, 0.6) is 0 Å². The molecule has 3 N–H and O–H groups in total. The Morgan fingerprint density at radius 1 is 1.07 bits per heavy atom. The molecule has 0 fully saturated rings. The first-order valence-corrected chi connectivity index (χ1v) is 9.67. The molecule has 1 aliphatic carbocycles. The van der Waals surface area contributed by atoms with E-state index in [1.807, 2.05) is 11.4 Å². The maximum Gasteiger partial charge on any atom is 0.338 e. The van der Waals surface area contributed by atoms with Crippen molar-refractivity contribution in [3.63, 3.8) is 0 Å². The number of carbonyl (C=O) groups excluding carboxylic acids is 3.